The van der Waals surface area contributed by atoms with E-state index in [2.05, 4.69) is 15.5 Å². The van der Waals surface area contributed by atoms with Crippen molar-refractivity contribution < 1.29 is 13.9 Å². The van der Waals surface area contributed by atoms with Crippen molar-refractivity contribution in [3.63, 3.8) is 0 Å². The van der Waals surface area contributed by atoms with Gasteiger partial charge in [0, 0.05) is 32.6 Å². The molecule has 0 saturated carbocycles. The van der Waals surface area contributed by atoms with Crippen molar-refractivity contribution >= 4 is 29.9 Å². The Kier molecular flexibility index (Phi) is 11.5. The molecule has 2 aromatic rings. The summed E-state index contributed by atoms with van der Waals surface area (Å²) in [7, 11) is 0. The second-order valence-electron chi connectivity index (χ2n) is 6.53. The molecule has 0 spiro atoms. The van der Waals surface area contributed by atoms with Crippen molar-refractivity contribution in [3.8, 4) is 5.75 Å². The molecule has 0 bridgehead atoms. The van der Waals surface area contributed by atoms with Crippen molar-refractivity contribution in [2.45, 2.75) is 6.42 Å². The van der Waals surface area contributed by atoms with Crippen LogP contribution in [-0.2, 0) is 11.2 Å². The molecule has 1 fully saturated rings. The lowest BCUT2D eigenvalue weighted by molar-refractivity contribution is 0.0394. The normalized spacial score (nSPS) is 14.8. The number of rotatable bonds is 10. The Morgan fingerprint density at radius 3 is 2.59 bits per heavy atom. The van der Waals surface area contributed by atoms with Gasteiger partial charge in [-0.1, -0.05) is 18.2 Å². The lowest BCUT2D eigenvalue weighted by atomic mass is 10.3. The molecule has 2 N–H and O–H groups in total. The fourth-order valence-electron chi connectivity index (χ4n) is 2.92. The Bertz CT molecular complexity index is 676. The van der Waals surface area contributed by atoms with Crippen LogP contribution >= 0.6 is 24.0 Å². The minimum absolute atomic E-state index is 0. The highest BCUT2D eigenvalue weighted by molar-refractivity contribution is 14.0. The number of nitrogens with one attached hydrogen (secondary N) is 2. The van der Waals surface area contributed by atoms with Crippen LogP contribution in [0.2, 0.25) is 0 Å². The van der Waals surface area contributed by atoms with Gasteiger partial charge >= 0.3 is 0 Å². The number of para-hydroxylation sites is 1. The van der Waals surface area contributed by atoms with E-state index >= 15 is 0 Å². The number of guanidine groups is 1. The van der Waals surface area contributed by atoms with Crippen molar-refractivity contribution in [1.82, 2.24) is 15.5 Å². The van der Waals surface area contributed by atoms with E-state index in [1.807, 2.05) is 42.5 Å². The molecule has 8 heteroatoms. The summed E-state index contributed by atoms with van der Waals surface area (Å²) in [5.74, 6) is 2.64. The van der Waals surface area contributed by atoms with Gasteiger partial charge in [-0.05, 0) is 24.3 Å². The number of halogens is 1. The van der Waals surface area contributed by atoms with Gasteiger partial charge in [0.1, 0.15) is 18.1 Å². The van der Waals surface area contributed by atoms with E-state index in [1.165, 1.54) is 0 Å². The van der Waals surface area contributed by atoms with E-state index in [0.29, 0.717) is 13.2 Å². The molecule has 1 aromatic carbocycles. The van der Waals surface area contributed by atoms with E-state index in [9.17, 15) is 0 Å². The number of aliphatic imine (C=N–C) groups is 1. The monoisotopic (exact) mass is 514 g/mol. The summed E-state index contributed by atoms with van der Waals surface area (Å²) in [6.07, 6.45) is 2.52. The first-order valence-electron chi connectivity index (χ1n) is 9.93. The van der Waals surface area contributed by atoms with Crippen LogP contribution in [-0.4, -0.2) is 69.9 Å². The zero-order valence-electron chi connectivity index (χ0n) is 16.7. The molecule has 160 valence electrons. The average molecular weight is 514 g/mol. The van der Waals surface area contributed by atoms with Gasteiger partial charge in [0.05, 0.1) is 32.6 Å². The third-order valence-corrected chi connectivity index (χ3v) is 4.44. The highest BCUT2D eigenvalue weighted by Gasteiger charge is 2.09. The highest BCUT2D eigenvalue weighted by Crippen LogP contribution is 2.07. The minimum atomic E-state index is 0. The Morgan fingerprint density at radius 2 is 1.83 bits per heavy atom. The maximum atomic E-state index is 5.74. The van der Waals surface area contributed by atoms with E-state index < -0.39 is 0 Å². The smallest absolute Gasteiger partial charge is 0.191 e. The van der Waals surface area contributed by atoms with Gasteiger partial charge in [-0.2, -0.15) is 0 Å². The number of morpholine rings is 1. The summed E-state index contributed by atoms with van der Waals surface area (Å²) in [5, 5.41) is 6.72. The predicted molar refractivity (Wildman–Crippen MR) is 125 cm³/mol. The SMILES string of the molecule is I.c1ccc(OCCNC(=NCCN2CCOCC2)NCCc2ccco2)cc1. The molecule has 0 radical (unpaired) electrons. The second-order valence-corrected chi connectivity index (χ2v) is 6.53. The number of hydrogen-bond acceptors (Lipinski definition) is 5. The predicted octanol–water partition coefficient (Wildman–Crippen LogP) is 2.39. The van der Waals surface area contributed by atoms with Gasteiger partial charge < -0.3 is 24.5 Å². The second kappa shape index (κ2) is 14.2. The number of benzene rings is 1. The first kappa shape index (κ1) is 23.5. The molecule has 7 nitrogen and oxygen atoms in total. The summed E-state index contributed by atoms with van der Waals surface area (Å²) in [6.45, 7) is 7.29. The zero-order valence-corrected chi connectivity index (χ0v) is 19.0. The quantitative estimate of drug-likeness (QED) is 0.220. The molecule has 2 heterocycles. The van der Waals surface area contributed by atoms with E-state index in [0.717, 1.165) is 69.8 Å². The van der Waals surface area contributed by atoms with Crippen LogP contribution in [0, 0.1) is 0 Å². The van der Waals surface area contributed by atoms with Crippen LogP contribution in [0.5, 0.6) is 5.75 Å². The largest absolute Gasteiger partial charge is 0.492 e. The maximum Gasteiger partial charge on any atom is 0.191 e. The van der Waals surface area contributed by atoms with Crippen molar-refractivity contribution in [2.24, 2.45) is 4.99 Å². The fraction of sp³-hybridized carbons (Fsp3) is 0.476. The zero-order chi connectivity index (χ0) is 19.3. The molecule has 1 saturated heterocycles. The number of nitrogens with zero attached hydrogens (tertiary/aromatic N) is 2. The van der Waals surface area contributed by atoms with Crippen LogP contribution in [0.4, 0.5) is 0 Å². The average Bonchev–Trinajstić information content (AvgIpc) is 3.26. The molecule has 3 rings (SSSR count). The van der Waals surface area contributed by atoms with Crippen LogP contribution < -0.4 is 15.4 Å². The Balaban J connectivity index is 0.00000300. The van der Waals surface area contributed by atoms with Gasteiger partial charge in [0.2, 0.25) is 0 Å². The van der Waals surface area contributed by atoms with Gasteiger partial charge in [0.15, 0.2) is 5.96 Å². The van der Waals surface area contributed by atoms with E-state index in [4.69, 9.17) is 18.9 Å². The van der Waals surface area contributed by atoms with Crippen LogP contribution in [0.3, 0.4) is 0 Å². The summed E-state index contributed by atoms with van der Waals surface area (Å²) < 4.78 is 16.5. The number of ether oxygens (including phenoxy) is 2. The first-order valence-corrected chi connectivity index (χ1v) is 9.93. The molecule has 0 aliphatic carbocycles. The first-order chi connectivity index (χ1) is 13.9. The fourth-order valence-corrected chi connectivity index (χ4v) is 2.92. The van der Waals surface area contributed by atoms with Crippen molar-refractivity contribution in [1.29, 1.82) is 0 Å². The van der Waals surface area contributed by atoms with E-state index in [1.54, 1.807) is 6.26 Å². The van der Waals surface area contributed by atoms with Crippen LogP contribution in [0.15, 0.2) is 58.1 Å². The summed E-state index contributed by atoms with van der Waals surface area (Å²) in [5.41, 5.74) is 0. The van der Waals surface area contributed by atoms with Gasteiger partial charge in [-0.3, -0.25) is 9.89 Å². The molecule has 0 amide bonds. The molecule has 1 aromatic heterocycles. The number of hydrogen-bond donors (Lipinski definition) is 2. The summed E-state index contributed by atoms with van der Waals surface area (Å²) in [6, 6.07) is 13.7. The van der Waals surface area contributed by atoms with Crippen molar-refractivity contribution in [3.05, 3.63) is 54.5 Å². The molecule has 0 atom stereocenters. The topological polar surface area (TPSA) is 71.3 Å². The van der Waals surface area contributed by atoms with Crippen LogP contribution in [0.25, 0.3) is 0 Å². The van der Waals surface area contributed by atoms with Crippen LogP contribution in [0.1, 0.15) is 5.76 Å². The number of furan rings is 1. The third kappa shape index (κ3) is 9.51. The molecular formula is C21H31IN4O3. The summed E-state index contributed by atoms with van der Waals surface area (Å²) in [4.78, 5) is 7.09. The highest BCUT2D eigenvalue weighted by atomic mass is 127. The lowest BCUT2D eigenvalue weighted by Crippen LogP contribution is -2.41. The Hall–Kier alpha value is -1.78. The molecule has 1 aliphatic rings. The molecular weight excluding hydrogens is 483 g/mol. The summed E-state index contributed by atoms with van der Waals surface area (Å²) >= 11 is 0. The van der Waals surface area contributed by atoms with Gasteiger partial charge in [-0.25, -0.2) is 0 Å². The van der Waals surface area contributed by atoms with E-state index in [-0.39, 0.29) is 24.0 Å². The van der Waals surface area contributed by atoms with Gasteiger partial charge in [0.25, 0.3) is 0 Å². The standard InChI is InChI=1S/C21H30N4O3.HI/c1-2-5-19(6-3-1)28-16-11-24-21(22-9-8-20-7-4-15-27-20)23-10-12-25-13-17-26-18-14-25;/h1-7,15H,8-14,16-18H2,(H2,22,23,24);1H. The third-order valence-electron chi connectivity index (χ3n) is 4.44. The van der Waals surface area contributed by atoms with Crippen molar-refractivity contribution in [2.75, 3.05) is 59.1 Å². The molecule has 29 heavy (non-hydrogen) atoms. The Labute approximate surface area is 189 Å². The minimum Gasteiger partial charge on any atom is -0.492 e. The maximum absolute atomic E-state index is 5.74. The molecule has 1 aliphatic heterocycles. The Morgan fingerprint density at radius 1 is 1.03 bits per heavy atom. The lowest BCUT2D eigenvalue weighted by Gasteiger charge is -2.25. The van der Waals surface area contributed by atoms with Gasteiger partial charge in [-0.15, -0.1) is 24.0 Å². The molecule has 0 unspecified atom stereocenters.